The fourth-order valence-corrected chi connectivity index (χ4v) is 3.58. The van der Waals surface area contributed by atoms with Crippen molar-refractivity contribution in [3.8, 4) is 6.07 Å². The third-order valence-corrected chi connectivity index (χ3v) is 5.08. The zero-order valence-electron chi connectivity index (χ0n) is 10.7. The molecule has 102 valence electrons. The molecule has 0 spiro atoms. The summed E-state index contributed by atoms with van der Waals surface area (Å²) in [5.74, 6) is 0.716. The summed E-state index contributed by atoms with van der Waals surface area (Å²) in [5.41, 5.74) is 0.500. The van der Waals surface area contributed by atoms with E-state index in [0.717, 1.165) is 0 Å². The molecule has 0 unspecified atom stereocenters. The fraction of sp³-hybridized carbons (Fsp3) is 0.500. The summed E-state index contributed by atoms with van der Waals surface area (Å²) in [6.07, 6.45) is 2.10. The normalized spacial score (nSPS) is 19.4. The van der Waals surface area contributed by atoms with Gasteiger partial charge in [-0.15, -0.1) is 0 Å². The zero-order valence-corrected chi connectivity index (χ0v) is 11.5. The van der Waals surface area contributed by atoms with E-state index in [4.69, 9.17) is 5.26 Å². The highest BCUT2D eigenvalue weighted by molar-refractivity contribution is 7.90. The van der Waals surface area contributed by atoms with E-state index >= 15 is 0 Å². The molecular formula is C12H16N4O2S. The van der Waals surface area contributed by atoms with Crippen LogP contribution in [-0.2, 0) is 10.0 Å². The molecule has 7 heteroatoms. The lowest BCUT2D eigenvalue weighted by Crippen LogP contribution is -2.36. The molecule has 0 saturated carbocycles. The number of nitrogens with one attached hydrogen (secondary N) is 1. The Balaban J connectivity index is 2.08. The molecule has 2 rings (SSSR count). The molecule has 0 amide bonds. The highest BCUT2D eigenvalue weighted by Gasteiger charge is 2.33. The Hall–Kier alpha value is -1.65. The van der Waals surface area contributed by atoms with Gasteiger partial charge in [0.2, 0.25) is 10.0 Å². The second-order valence-electron chi connectivity index (χ2n) is 4.42. The molecule has 6 nitrogen and oxygen atoms in total. The van der Waals surface area contributed by atoms with Crippen LogP contribution in [0.4, 0.5) is 5.82 Å². The molecule has 1 saturated heterocycles. The minimum Gasteiger partial charge on any atom is -0.355 e. The van der Waals surface area contributed by atoms with E-state index in [9.17, 15) is 8.42 Å². The van der Waals surface area contributed by atoms with E-state index in [0.29, 0.717) is 37.4 Å². The maximum absolute atomic E-state index is 11.9. The number of aromatic nitrogens is 1. The predicted octanol–water partition coefficient (Wildman–Crippen LogP) is 0.471. The van der Waals surface area contributed by atoms with Gasteiger partial charge in [-0.05, 0) is 18.6 Å². The predicted molar refractivity (Wildman–Crippen MR) is 72.2 cm³/mol. The summed E-state index contributed by atoms with van der Waals surface area (Å²) in [5, 5.41) is 8.31. The Morgan fingerprint density at radius 1 is 1.58 bits per heavy atom. The van der Waals surface area contributed by atoms with Crippen molar-refractivity contribution in [2.75, 3.05) is 24.5 Å². The van der Waals surface area contributed by atoms with Crippen LogP contribution in [0.15, 0.2) is 18.3 Å². The van der Waals surface area contributed by atoms with E-state index in [1.165, 1.54) is 6.20 Å². The van der Waals surface area contributed by atoms with Crippen LogP contribution in [-0.4, -0.2) is 38.3 Å². The maximum Gasteiger partial charge on any atom is 0.216 e. The van der Waals surface area contributed by atoms with Crippen molar-refractivity contribution < 1.29 is 8.42 Å². The molecule has 1 aromatic rings. The van der Waals surface area contributed by atoms with Crippen molar-refractivity contribution in [1.82, 2.24) is 9.71 Å². The SMILES string of the molecule is CCNS(=O)(=O)[C@H]1CCN(c2ccc(C#N)cn2)C1. The van der Waals surface area contributed by atoms with Gasteiger partial charge in [0.25, 0.3) is 0 Å². The molecule has 1 aliphatic rings. The monoisotopic (exact) mass is 280 g/mol. The number of hydrogen-bond acceptors (Lipinski definition) is 5. The van der Waals surface area contributed by atoms with Gasteiger partial charge in [0.15, 0.2) is 0 Å². The second kappa shape index (κ2) is 5.55. The summed E-state index contributed by atoms with van der Waals surface area (Å²) in [6, 6.07) is 5.45. The average molecular weight is 280 g/mol. The van der Waals surface area contributed by atoms with Crippen molar-refractivity contribution in [2.24, 2.45) is 0 Å². The molecule has 1 N–H and O–H groups in total. The minimum absolute atomic E-state index is 0.398. The van der Waals surface area contributed by atoms with Crippen molar-refractivity contribution in [3.05, 3.63) is 23.9 Å². The van der Waals surface area contributed by atoms with Crippen molar-refractivity contribution in [3.63, 3.8) is 0 Å². The molecule has 0 radical (unpaired) electrons. The Morgan fingerprint density at radius 3 is 2.95 bits per heavy atom. The Kier molecular flexibility index (Phi) is 4.02. The first-order chi connectivity index (χ1) is 9.06. The van der Waals surface area contributed by atoms with Gasteiger partial charge in [0, 0.05) is 25.8 Å². The quantitative estimate of drug-likeness (QED) is 0.866. The van der Waals surface area contributed by atoms with Crippen LogP contribution >= 0.6 is 0 Å². The Bertz CT molecular complexity index is 577. The Labute approximate surface area is 113 Å². The molecule has 1 atom stereocenters. The largest absolute Gasteiger partial charge is 0.355 e. The minimum atomic E-state index is -3.24. The van der Waals surface area contributed by atoms with E-state index in [1.807, 2.05) is 11.0 Å². The molecule has 1 aromatic heterocycles. The van der Waals surface area contributed by atoms with E-state index < -0.39 is 15.3 Å². The number of anilines is 1. The first-order valence-electron chi connectivity index (χ1n) is 6.16. The van der Waals surface area contributed by atoms with Crippen LogP contribution in [0.5, 0.6) is 0 Å². The van der Waals surface area contributed by atoms with Crippen LogP contribution in [0.3, 0.4) is 0 Å². The van der Waals surface area contributed by atoms with E-state index in [-0.39, 0.29) is 0 Å². The summed E-state index contributed by atoms with van der Waals surface area (Å²) < 4.78 is 26.4. The van der Waals surface area contributed by atoms with Crippen LogP contribution in [0.25, 0.3) is 0 Å². The molecular weight excluding hydrogens is 264 g/mol. The molecule has 19 heavy (non-hydrogen) atoms. The van der Waals surface area contributed by atoms with Gasteiger partial charge in [0.1, 0.15) is 11.9 Å². The second-order valence-corrected chi connectivity index (χ2v) is 6.46. The topological polar surface area (TPSA) is 86.1 Å². The highest BCUT2D eigenvalue weighted by atomic mass is 32.2. The van der Waals surface area contributed by atoms with Crippen LogP contribution in [0.1, 0.15) is 18.9 Å². The van der Waals surface area contributed by atoms with Gasteiger partial charge in [0.05, 0.1) is 10.8 Å². The molecule has 0 aliphatic carbocycles. The number of rotatable bonds is 4. The average Bonchev–Trinajstić information content (AvgIpc) is 2.89. The molecule has 1 fully saturated rings. The third-order valence-electron chi connectivity index (χ3n) is 3.13. The molecule has 0 aromatic carbocycles. The van der Waals surface area contributed by atoms with Gasteiger partial charge in [-0.3, -0.25) is 0 Å². The number of hydrogen-bond donors (Lipinski definition) is 1. The Morgan fingerprint density at radius 2 is 2.37 bits per heavy atom. The van der Waals surface area contributed by atoms with Crippen molar-refractivity contribution >= 4 is 15.8 Å². The third kappa shape index (κ3) is 3.03. The number of sulfonamides is 1. The van der Waals surface area contributed by atoms with Gasteiger partial charge in [-0.25, -0.2) is 18.1 Å². The van der Waals surface area contributed by atoms with Crippen molar-refractivity contribution in [2.45, 2.75) is 18.6 Å². The van der Waals surface area contributed by atoms with Gasteiger partial charge < -0.3 is 4.90 Å². The van der Waals surface area contributed by atoms with Gasteiger partial charge in [-0.2, -0.15) is 5.26 Å². The molecule has 0 bridgehead atoms. The van der Waals surface area contributed by atoms with Crippen LogP contribution in [0.2, 0.25) is 0 Å². The summed E-state index contributed by atoms with van der Waals surface area (Å²) >= 11 is 0. The number of nitriles is 1. The van der Waals surface area contributed by atoms with Crippen molar-refractivity contribution in [1.29, 1.82) is 5.26 Å². The smallest absolute Gasteiger partial charge is 0.216 e. The highest BCUT2D eigenvalue weighted by Crippen LogP contribution is 2.21. The van der Waals surface area contributed by atoms with Crippen LogP contribution < -0.4 is 9.62 Å². The molecule has 1 aliphatic heterocycles. The number of pyridine rings is 1. The van der Waals surface area contributed by atoms with Gasteiger partial charge >= 0.3 is 0 Å². The summed E-state index contributed by atoms with van der Waals surface area (Å²) in [4.78, 5) is 6.11. The standard InChI is InChI=1S/C12H16N4O2S/c1-2-15-19(17,18)11-5-6-16(9-11)12-4-3-10(7-13)8-14-12/h3-4,8,11,15H,2,5-6,9H2,1H3/t11-/m0/s1. The fourth-order valence-electron chi connectivity index (χ4n) is 2.15. The van der Waals surface area contributed by atoms with E-state index in [1.54, 1.807) is 19.1 Å². The summed E-state index contributed by atoms with van der Waals surface area (Å²) in [6.45, 7) is 3.28. The van der Waals surface area contributed by atoms with E-state index in [2.05, 4.69) is 9.71 Å². The summed E-state index contributed by atoms with van der Waals surface area (Å²) in [7, 11) is -3.24. The zero-order chi connectivity index (χ0) is 13.9. The maximum atomic E-state index is 11.9. The lowest BCUT2D eigenvalue weighted by atomic mass is 10.3. The first-order valence-corrected chi connectivity index (χ1v) is 7.71. The first kappa shape index (κ1) is 13.8. The number of nitrogens with zero attached hydrogens (tertiary/aromatic N) is 3. The van der Waals surface area contributed by atoms with Crippen LogP contribution in [0, 0.1) is 11.3 Å². The van der Waals surface area contributed by atoms with Gasteiger partial charge in [-0.1, -0.05) is 6.92 Å². The lowest BCUT2D eigenvalue weighted by Gasteiger charge is -2.17. The molecule has 2 heterocycles. The lowest BCUT2D eigenvalue weighted by molar-refractivity contribution is 0.571.